The molecule has 0 heterocycles. The Morgan fingerprint density at radius 1 is 1.44 bits per heavy atom. The van der Waals surface area contributed by atoms with Gasteiger partial charge in [-0.25, -0.2) is 13.4 Å². The minimum absolute atomic E-state index is 0.0908. The van der Waals surface area contributed by atoms with Gasteiger partial charge in [-0.15, -0.1) is 0 Å². The van der Waals surface area contributed by atoms with Gasteiger partial charge in [0.1, 0.15) is 5.82 Å². The zero-order chi connectivity index (χ0) is 13.8. The van der Waals surface area contributed by atoms with E-state index in [0.717, 1.165) is 15.5 Å². The first kappa shape index (κ1) is 14.7. The summed E-state index contributed by atoms with van der Waals surface area (Å²) in [6.45, 7) is 7.43. The lowest BCUT2D eigenvalue weighted by Gasteiger charge is -2.21. The molecule has 1 rings (SSSR count). The van der Waals surface area contributed by atoms with Crippen molar-refractivity contribution in [2.45, 2.75) is 18.7 Å². The molecule has 0 atom stereocenters. The summed E-state index contributed by atoms with van der Waals surface area (Å²) >= 11 is 5.34. The Bertz CT molecular complexity index is 550. The molecule has 0 radical (unpaired) electrons. The highest BCUT2D eigenvalue weighted by Gasteiger charge is 2.23. The smallest absolute Gasteiger partial charge is 0.251 e. The first-order chi connectivity index (χ1) is 8.43. The summed E-state index contributed by atoms with van der Waals surface area (Å²) in [4.78, 5) is 3.91. The van der Waals surface area contributed by atoms with Gasteiger partial charge < -0.3 is 0 Å². The van der Waals surface area contributed by atoms with E-state index in [2.05, 4.69) is 11.6 Å². The molecular formula is C12H15ClN2O2S. The van der Waals surface area contributed by atoms with E-state index < -0.39 is 10.0 Å². The van der Waals surface area contributed by atoms with Crippen LogP contribution in [-0.4, -0.2) is 24.9 Å². The van der Waals surface area contributed by atoms with Gasteiger partial charge in [-0.1, -0.05) is 35.9 Å². The van der Waals surface area contributed by atoms with Gasteiger partial charge in [0.2, 0.25) is 0 Å². The van der Waals surface area contributed by atoms with Gasteiger partial charge in [0, 0.05) is 6.54 Å². The summed E-state index contributed by atoms with van der Waals surface area (Å²) < 4.78 is 25.8. The maximum absolute atomic E-state index is 12.3. The second-order valence-electron chi connectivity index (χ2n) is 3.63. The largest absolute Gasteiger partial charge is 0.265 e. The molecule has 0 N–H and O–H groups in total. The van der Waals surface area contributed by atoms with Crippen LogP contribution in [0.5, 0.6) is 0 Å². The van der Waals surface area contributed by atoms with E-state index in [0.29, 0.717) is 0 Å². The van der Waals surface area contributed by atoms with E-state index in [1.165, 1.54) is 0 Å². The van der Waals surface area contributed by atoms with Crippen LogP contribution < -0.4 is 0 Å². The van der Waals surface area contributed by atoms with Crippen LogP contribution in [0.25, 0.3) is 0 Å². The average molecular weight is 287 g/mol. The lowest BCUT2D eigenvalue weighted by molar-refractivity contribution is 0.489. The Hall–Kier alpha value is -1.33. The number of benzene rings is 1. The maximum Gasteiger partial charge on any atom is 0.265 e. The van der Waals surface area contributed by atoms with Crippen LogP contribution in [0.3, 0.4) is 0 Å². The Labute approximate surface area is 113 Å². The lowest BCUT2D eigenvalue weighted by atomic mass is 10.2. The van der Waals surface area contributed by atoms with E-state index in [4.69, 9.17) is 11.6 Å². The fourth-order valence-corrected chi connectivity index (χ4v) is 2.96. The van der Waals surface area contributed by atoms with Crippen LogP contribution in [0, 0.1) is 6.92 Å². The van der Waals surface area contributed by atoms with Crippen LogP contribution in [-0.2, 0) is 10.0 Å². The molecule has 0 aliphatic carbocycles. The third-order valence-corrected chi connectivity index (χ3v) is 4.40. The molecule has 0 unspecified atom stereocenters. The van der Waals surface area contributed by atoms with E-state index >= 15 is 0 Å². The highest BCUT2D eigenvalue weighted by Crippen LogP contribution is 2.20. The quantitative estimate of drug-likeness (QED) is 0.782. The number of nitrogens with zero attached hydrogens (tertiary/aromatic N) is 2. The summed E-state index contributed by atoms with van der Waals surface area (Å²) in [6.07, 6.45) is 0. The molecule has 0 saturated carbocycles. The molecule has 1 aromatic rings. The molecule has 0 bridgehead atoms. The first-order valence-corrected chi connectivity index (χ1v) is 7.22. The molecular weight excluding hydrogens is 272 g/mol. The summed E-state index contributed by atoms with van der Waals surface area (Å²) in [5.41, 5.74) is 1.99. The zero-order valence-corrected chi connectivity index (χ0v) is 11.9. The standard InChI is InChI=1S/C12H15ClN2O2S/c1-4-15(11(3)14-9-13)18(16,17)12-7-5-10(2)6-8-12/h5-9H,3-4H2,1-2H3/b14-9+. The molecule has 0 spiro atoms. The summed E-state index contributed by atoms with van der Waals surface area (Å²) in [7, 11) is -3.63. The van der Waals surface area contributed by atoms with E-state index in [1.807, 2.05) is 6.92 Å². The Morgan fingerprint density at radius 3 is 2.44 bits per heavy atom. The topological polar surface area (TPSA) is 49.7 Å². The van der Waals surface area contributed by atoms with Crippen molar-refractivity contribution in [1.29, 1.82) is 0 Å². The van der Waals surface area contributed by atoms with Crippen molar-refractivity contribution < 1.29 is 8.42 Å². The molecule has 0 saturated heterocycles. The van der Waals surface area contributed by atoms with Crippen molar-refractivity contribution in [2.75, 3.05) is 6.54 Å². The van der Waals surface area contributed by atoms with Gasteiger partial charge in [0.05, 0.1) is 10.6 Å². The number of aliphatic imine (C=N–C) groups is 1. The number of halogens is 1. The first-order valence-electron chi connectivity index (χ1n) is 5.34. The van der Waals surface area contributed by atoms with Gasteiger partial charge >= 0.3 is 0 Å². The van der Waals surface area contributed by atoms with Crippen LogP contribution in [0.1, 0.15) is 12.5 Å². The Balaban J connectivity index is 3.18. The van der Waals surface area contributed by atoms with Gasteiger partial charge in [-0.05, 0) is 26.0 Å². The molecule has 4 nitrogen and oxygen atoms in total. The van der Waals surface area contributed by atoms with Gasteiger partial charge in [0.15, 0.2) is 0 Å². The molecule has 6 heteroatoms. The van der Waals surface area contributed by atoms with Crippen LogP contribution in [0.2, 0.25) is 0 Å². The van der Waals surface area contributed by atoms with Crippen molar-refractivity contribution in [3.8, 4) is 0 Å². The number of sulfonamides is 1. The second kappa shape index (κ2) is 6.02. The third-order valence-electron chi connectivity index (χ3n) is 2.38. The van der Waals surface area contributed by atoms with Gasteiger partial charge in [-0.2, -0.15) is 0 Å². The van der Waals surface area contributed by atoms with Gasteiger partial charge in [0.25, 0.3) is 10.0 Å². The van der Waals surface area contributed by atoms with E-state index in [1.54, 1.807) is 31.2 Å². The fraction of sp³-hybridized carbons (Fsp3) is 0.250. The Kier molecular flexibility index (Phi) is 4.93. The normalized spacial score (nSPS) is 11.7. The summed E-state index contributed by atoms with van der Waals surface area (Å²) in [6, 6.07) is 6.61. The molecule has 0 aliphatic rings. The Morgan fingerprint density at radius 2 is 2.00 bits per heavy atom. The number of hydrogen-bond acceptors (Lipinski definition) is 3. The minimum atomic E-state index is -3.63. The van der Waals surface area contributed by atoms with Crippen molar-refractivity contribution in [1.82, 2.24) is 4.31 Å². The highest BCUT2D eigenvalue weighted by molar-refractivity contribution is 7.89. The minimum Gasteiger partial charge on any atom is -0.251 e. The molecule has 1 aromatic carbocycles. The zero-order valence-electron chi connectivity index (χ0n) is 10.3. The molecule has 98 valence electrons. The third kappa shape index (κ3) is 3.11. The van der Waals surface area contributed by atoms with Crippen LogP contribution >= 0.6 is 11.6 Å². The predicted molar refractivity (Wildman–Crippen MR) is 74.2 cm³/mol. The lowest BCUT2D eigenvalue weighted by Crippen LogP contribution is -2.29. The number of aryl methyl sites for hydroxylation is 1. The summed E-state index contributed by atoms with van der Waals surface area (Å²) in [5, 5.41) is 0. The van der Waals surface area contributed by atoms with Gasteiger partial charge in [-0.3, -0.25) is 4.31 Å². The van der Waals surface area contributed by atoms with Crippen molar-refractivity contribution in [3.63, 3.8) is 0 Å². The van der Waals surface area contributed by atoms with Crippen molar-refractivity contribution >= 4 is 27.3 Å². The van der Waals surface area contributed by atoms with Crippen molar-refractivity contribution in [2.24, 2.45) is 4.99 Å². The van der Waals surface area contributed by atoms with E-state index in [-0.39, 0.29) is 17.3 Å². The fourth-order valence-electron chi connectivity index (χ4n) is 1.45. The molecule has 0 fully saturated rings. The molecule has 0 amide bonds. The summed E-state index contributed by atoms with van der Waals surface area (Å²) in [5.74, 6) is 0.0908. The average Bonchev–Trinajstić information content (AvgIpc) is 2.30. The highest BCUT2D eigenvalue weighted by atomic mass is 35.5. The van der Waals surface area contributed by atoms with Crippen molar-refractivity contribution in [3.05, 3.63) is 42.2 Å². The second-order valence-corrected chi connectivity index (χ2v) is 5.68. The number of hydrogen-bond donors (Lipinski definition) is 0. The molecule has 0 aromatic heterocycles. The number of rotatable bonds is 5. The molecule has 0 aliphatic heterocycles. The maximum atomic E-state index is 12.3. The van der Waals surface area contributed by atoms with E-state index in [9.17, 15) is 8.42 Å². The molecule has 18 heavy (non-hydrogen) atoms. The SMILES string of the molecule is C=C(/N=C/Cl)N(CC)S(=O)(=O)c1ccc(C)cc1. The van der Waals surface area contributed by atoms with Crippen LogP contribution in [0.4, 0.5) is 0 Å². The van der Waals surface area contributed by atoms with Crippen LogP contribution in [0.15, 0.2) is 46.6 Å². The monoisotopic (exact) mass is 286 g/mol. The predicted octanol–water partition coefficient (Wildman–Crippen LogP) is 2.74.